The molecule has 0 radical (unpaired) electrons. The fraction of sp³-hybridized carbons (Fsp3) is 1.00. The second-order valence-electron chi connectivity index (χ2n) is 11.8. The molecule has 35 heavy (non-hydrogen) atoms. The predicted octanol–water partition coefficient (Wildman–Crippen LogP) is 11.3. The molecule has 0 heterocycles. The average molecular weight is 535 g/mol. The minimum atomic E-state index is -2.61. The lowest BCUT2D eigenvalue weighted by atomic mass is 10.0. The van der Waals surface area contributed by atoms with E-state index in [0.29, 0.717) is 19.8 Å². The first-order chi connectivity index (χ1) is 16.7. The van der Waals surface area contributed by atoms with Crippen LogP contribution in [0.5, 0.6) is 0 Å². The first kappa shape index (κ1) is 35.5. The lowest BCUT2D eigenvalue weighted by molar-refractivity contribution is 0.150. The van der Waals surface area contributed by atoms with Crippen molar-refractivity contribution in [3.8, 4) is 0 Å². The maximum Gasteiger partial charge on any atom is 0.327 e. The molecule has 0 aromatic carbocycles. The van der Waals surface area contributed by atoms with Gasteiger partial charge < -0.3 is 13.6 Å². The van der Waals surface area contributed by atoms with Gasteiger partial charge in [-0.2, -0.15) is 0 Å². The molecule has 0 N–H and O–H groups in total. The second kappa shape index (κ2) is 24.8. The summed E-state index contributed by atoms with van der Waals surface area (Å²) in [5, 5.41) is 0. The van der Waals surface area contributed by atoms with Crippen LogP contribution >= 0.6 is 6.72 Å². The van der Waals surface area contributed by atoms with Crippen molar-refractivity contribution in [2.45, 2.75) is 157 Å². The fourth-order valence-corrected chi connectivity index (χ4v) is 6.15. The van der Waals surface area contributed by atoms with Gasteiger partial charge in [0.15, 0.2) is 0 Å². The largest absolute Gasteiger partial charge is 0.327 e. The Morgan fingerprint density at radius 1 is 0.400 bits per heavy atom. The van der Waals surface area contributed by atoms with E-state index < -0.39 is 6.72 Å². The second-order valence-corrected chi connectivity index (χ2v) is 14.8. The van der Waals surface area contributed by atoms with Crippen LogP contribution in [-0.4, -0.2) is 19.8 Å². The molecule has 0 rings (SSSR count). The van der Waals surface area contributed by atoms with Gasteiger partial charge in [-0.15, -0.1) is 0 Å². The molecule has 5 heteroatoms. The third-order valence-corrected chi connectivity index (χ3v) is 8.97. The lowest BCUT2D eigenvalue weighted by Crippen LogP contribution is -2.04. The topological polar surface area (TPSA) is 27.7 Å². The van der Waals surface area contributed by atoms with Crippen LogP contribution in [0, 0.1) is 17.8 Å². The SMILES string of the molecule is CC(C)CCCCCCCOP(=S)(OCCCCCCCC(C)C)OCCCCCCCC(C)C. The lowest BCUT2D eigenvalue weighted by Gasteiger charge is -2.22. The molecule has 0 aromatic heterocycles. The zero-order valence-corrected chi connectivity index (χ0v) is 26.4. The molecular formula is C30H63O3PS. The zero-order chi connectivity index (χ0) is 26.2. The van der Waals surface area contributed by atoms with Crippen molar-refractivity contribution < 1.29 is 13.6 Å². The summed E-state index contributed by atoms with van der Waals surface area (Å²) >= 11 is 5.79. The van der Waals surface area contributed by atoms with E-state index in [1.54, 1.807) is 0 Å². The van der Waals surface area contributed by atoms with Crippen LogP contribution in [0.4, 0.5) is 0 Å². The highest BCUT2D eigenvalue weighted by Gasteiger charge is 2.20. The zero-order valence-electron chi connectivity index (χ0n) is 24.7. The van der Waals surface area contributed by atoms with Crippen molar-refractivity contribution in [3.63, 3.8) is 0 Å². The normalized spacial score (nSPS) is 12.5. The minimum absolute atomic E-state index is 0.672. The van der Waals surface area contributed by atoms with E-state index in [0.717, 1.165) is 37.0 Å². The first-order valence-corrected chi connectivity index (χ1v) is 17.8. The standard InChI is InChI=1S/C30H63O3PS/c1-28(2)22-16-10-7-13-19-25-31-34(35,32-26-20-14-8-11-17-23-29(3)4)33-27-21-15-9-12-18-24-30(5)6/h28-30H,7-27H2,1-6H3. The molecule has 0 bridgehead atoms. The summed E-state index contributed by atoms with van der Waals surface area (Å²) in [5.74, 6) is 2.45. The van der Waals surface area contributed by atoms with Gasteiger partial charge in [0.1, 0.15) is 0 Å². The van der Waals surface area contributed by atoms with Crippen molar-refractivity contribution >= 4 is 18.5 Å². The summed E-state index contributed by atoms with van der Waals surface area (Å²) in [6.07, 6.45) is 22.7. The van der Waals surface area contributed by atoms with Crippen LogP contribution in [-0.2, 0) is 25.4 Å². The van der Waals surface area contributed by atoms with Gasteiger partial charge in [0.2, 0.25) is 0 Å². The van der Waals surface area contributed by atoms with Gasteiger partial charge in [-0.05, 0) is 48.8 Å². The van der Waals surface area contributed by atoms with Gasteiger partial charge in [-0.3, -0.25) is 0 Å². The molecule has 3 nitrogen and oxygen atoms in total. The third-order valence-electron chi connectivity index (χ3n) is 6.53. The van der Waals surface area contributed by atoms with E-state index in [9.17, 15) is 0 Å². The van der Waals surface area contributed by atoms with E-state index in [4.69, 9.17) is 25.4 Å². The van der Waals surface area contributed by atoms with E-state index in [2.05, 4.69) is 41.5 Å². The Hall–Kier alpha value is 0.530. The Morgan fingerprint density at radius 2 is 0.629 bits per heavy atom. The van der Waals surface area contributed by atoms with Crippen molar-refractivity contribution in [2.24, 2.45) is 17.8 Å². The highest BCUT2D eigenvalue weighted by molar-refractivity contribution is 8.07. The van der Waals surface area contributed by atoms with E-state index in [-0.39, 0.29) is 0 Å². The third kappa shape index (κ3) is 27.4. The maximum atomic E-state index is 6.10. The van der Waals surface area contributed by atoms with Crippen molar-refractivity contribution in [2.75, 3.05) is 19.8 Å². The molecule has 0 spiro atoms. The Kier molecular flexibility index (Phi) is 25.2. The molecule has 0 saturated carbocycles. The monoisotopic (exact) mass is 534 g/mol. The van der Waals surface area contributed by atoms with Gasteiger partial charge in [-0.1, -0.05) is 138 Å². The van der Waals surface area contributed by atoms with Crippen LogP contribution in [0.25, 0.3) is 0 Å². The Balaban J connectivity index is 4.13. The van der Waals surface area contributed by atoms with Crippen molar-refractivity contribution in [1.82, 2.24) is 0 Å². The van der Waals surface area contributed by atoms with E-state index in [1.807, 2.05) is 0 Å². The molecular weight excluding hydrogens is 471 g/mol. The van der Waals surface area contributed by atoms with Gasteiger partial charge in [-0.25, -0.2) is 0 Å². The molecule has 0 unspecified atom stereocenters. The van der Waals surface area contributed by atoms with Crippen LogP contribution in [0.2, 0.25) is 0 Å². The first-order valence-electron chi connectivity index (χ1n) is 15.3. The fourth-order valence-electron chi connectivity index (χ4n) is 4.20. The Morgan fingerprint density at radius 3 is 0.886 bits per heavy atom. The molecule has 212 valence electrons. The summed E-state index contributed by atoms with van der Waals surface area (Å²) in [4.78, 5) is 0. The quantitative estimate of drug-likeness (QED) is 0.0773. The van der Waals surface area contributed by atoms with Crippen LogP contribution in [0.3, 0.4) is 0 Å². The minimum Gasteiger partial charge on any atom is -0.309 e. The summed E-state index contributed by atoms with van der Waals surface area (Å²) in [6, 6.07) is 0. The summed E-state index contributed by atoms with van der Waals surface area (Å²) < 4.78 is 18.3. The number of rotatable bonds is 27. The van der Waals surface area contributed by atoms with Crippen molar-refractivity contribution in [3.05, 3.63) is 0 Å². The highest BCUT2D eigenvalue weighted by Crippen LogP contribution is 2.50. The Bertz CT molecular complexity index is 416. The molecule has 0 atom stereocenters. The summed E-state index contributed by atoms with van der Waals surface area (Å²) in [6.45, 7) is 13.2. The molecule has 0 aliphatic carbocycles. The maximum absolute atomic E-state index is 6.10. The number of unbranched alkanes of at least 4 members (excludes halogenated alkanes) is 12. The predicted molar refractivity (Wildman–Crippen MR) is 160 cm³/mol. The average Bonchev–Trinajstić information content (AvgIpc) is 2.78. The van der Waals surface area contributed by atoms with E-state index >= 15 is 0 Å². The number of hydrogen-bond acceptors (Lipinski definition) is 4. The molecule has 0 aliphatic rings. The van der Waals surface area contributed by atoms with Gasteiger partial charge in [0, 0.05) is 0 Å². The molecule has 0 saturated heterocycles. The molecule has 0 fully saturated rings. The van der Waals surface area contributed by atoms with Gasteiger partial charge >= 0.3 is 6.72 Å². The smallest absolute Gasteiger partial charge is 0.309 e. The van der Waals surface area contributed by atoms with E-state index in [1.165, 1.54) is 96.3 Å². The number of hydrogen-bond donors (Lipinski definition) is 0. The van der Waals surface area contributed by atoms with Crippen LogP contribution in [0.15, 0.2) is 0 Å². The van der Waals surface area contributed by atoms with Crippen molar-refractivity contribution in [1.29, 1.82) is 0 Å². The van der Waals surface area contributed by atoms with Gasteiger partial charge in [0.25, 0.3) is 0 Å². The molecule has 0 aromatic rings. The molecule has 0 amide bonds. The highest BCUT2D eigenvalue weighted by atomic mass is 32.5. The Labute approximate surface area is 226 Å². The summed E-state index contributed by atoms with van der Waals surface area (Å²) in [5.41, 5.74) is 0. The van der Waals surface area contributed by atoms with Crippen LogP contribution in [0.1, 0.15) is 157 Å². The molecule has 0 aliphatic heterocycles. The van der Waals surface area contributed by atoms with Crippen LogP contribution < -0.4 is 0 Å². The summed E-state index contributed by atoms with van der Waals surface area (Å²) in [7, 11) is 0. The van der Waals surface area contributed by atoms with Gasteiger partial charge in [0.05, 0.1) is 19.8 Å².